The van der Waals surface area contributed by atoms with Gasteiger partial charge in [-0.3, -0.25) is 5.32 Å². The topological polar surface area (TPSA) is 50.4 Å². The average molecular weight is 222 g/mol. The Morgan fingerprint density at radius 3 is 2.75 bits per heavy atom. The fraction of sp³-hybridized carbons (Fsp3) is 0.417. The fourth-order valence-corrected chi connectivity index (χ4v) is 1.24. The van der Waals surface area contributed by atoms with Gasteiger partial charge in [-0.2, -0.15) is 0 Å². The molecule has 2 N–H and O–H groups in total. The molecule has 0 radical (unpaired) electrons. The van der Waals surface area contributed by atoms with Gasteiger partial charge in [0.1, 0.15) is 0 Å². The third kappa shape index (κ3) is 3.81. The lowest BCUT2D eigenvalue weighted by atomic mass is 10.2. The van der Waals surface area contributed by atoms with Crippen LogP contribution in [-0.2, 0) is 4.74 Å². The smallest absolute Gasteiger partial charge is 0.411 e. The SMILES string of the molecule is CCC(C)Nc1cccc(NC(=O)OC)c1. The van der Waals surface area contributed by atoms with Gasteiger partial charge in [-0.15, -0.1) is 0 Å². The highest BCUT2D eigenvalue weighted by Crippen LogP contribution is 2.16. The van der Waals surface area contributed by atoms with E-state index in [1.54, 1.807) is 0 Å². The Hall–Kier alpha value is -1.71. The summed E-state index contributed by atoms with van der Waals surface area (Å²) in [6, 6.07) is 7.96. The van der Waals surface area contributed by atoms with E-state index in [4.69, 9.17) is 0 Å². The molecule has 1 atom stereocenters. The van der Waals surface area contributed by atoms with Crippen LogP contribution < -0.4 is 10.6 Å². The van der Waals surface area contributed by atoms with E-state index >= 15 is 0 Å². The van der Waals surface area contributed by atoms with Crippen molar-refractivity contribution in [3.63, 3.8) is 0 Å². The second-order valence-corrected chi connectivity index (χ2v) is 3.65. The number of methoxy groups -OCH3 is 1. The first-order valence-corrected chi connectivity index (χ1v) is 5.37. The van der Waals surface area contributed by atoms with E-state index in [0.717, 1.165) is 17.8 Å². The lowest BCUT2D eigenvalue weighted by Crippen LogP contribution is -2.14. The van der Waals surface area contributed by atoms with Crippen molar-refractivity contribution < 1.29 is 9.53 Å². The number of carbonyl (C=O) groups excluding carboxylic acids is 1. The number of hydrogen-bond acceptors (Lipinski definition) is 3. The molecule has 16 heavy (non-hydrogen) atoms. The van der Waals surface area contributed by atoms with Gasteiger partial charge in [0.15, 0.2) is 0 Å². The summed E-state index contributed by atoms with van der Waals surface area (Å²) in [4.78, 5) is 11.0. The number of rotatable bonds is 4. The molecule has 1 amide bonds. The van der Waals surface area contributed by atoms with Gasteiger partial charge in [0.25, 0.3) is 0 Å². The molecule has 1 aromatic rings. The number of carbonyl (C=O) groups is 1. The molecule has 0 aliphatic carbocycles. The Balaban J connectivity index is 2.67. The molecule has 0 bridgehead atoms. The number of amides is 1. The van der Waals surface area contributed by atoms with Crippen LogP contribution >= 0.6 is 0 Å². The van der Waals surface area contributed by atoms with Gasteiger partial charge in [-0.25, -0.2) is 4.79 Å². The monoisotopic (exact) mass is 222 g/mol. The van der Waals surface area contributed by atoms with Crippen molar-refractivity contribution in [3.05, 3.63) is 24.3 Å². The van der Waals surface area contributed by atoms with E-state index in [0.29, 0.717) is 6.04 Å². The Morgan fingerprint density at radius 1 is 1.44 bits per heavy atom. The van der Waals surface area contributed by atoms with Crippen molar-refractivity contribution in [2.45, 2.75) is 26.3 Å². The molecule has 1 aromatic carbocycles. The van der Waals surface area contributed by atoms with Crippen molar-refractivity contribution >= 4 is 17.5 Å². The van der Waals surface area contributed by atoms with Crippen molar-refractivity contribution in [1.29, 1.82) is 0 Å². The van der Waals surface area contributed by atoms with Gasteiger partial charge in [-0.1, -0.05) is 13.0 Å². The molecular formula is C12H18N2O2. The summed E-state index contributed by atoms with van der Waals surface area (Å²) in [5.74, 6) is 0. The lowest BCUT2D eigenvalue weighted by Gasteiger charge is -2.13. The third-order valence-corrected chi connectivity index (χ3v) is 2.32. The molecule has 4 heteroatoms. The van der Waals surface area contributed by atoms with Crippen molar-refractivity contribution in [1.82, 2.24) is 0 Å². The van der Waals surface area contributed by atoms with Crippen LogP contribution in [0.15, 0.2) is 24.3 Å². The standard InChI is InChI=1S/C12H18N2O2/c1-4-9(2)13-10-6-5-7-11(8-10)14-12(15)16-3/h5-9,13H,4H2,1-3H3,(H,14,15). The number of benzene rings is 1. The van der Waals surface area contributed by atoms with Crippen LogP contribution in [0.1, 0.15) is 20.3 Å². The molecule has 0 fully saturated rings. The Morgan fingerprint density at radius 2 is 2.12 bits per heavy atom. The van der Waals surface area contributed by atoms with Crippen LogP contribution in [0.5, 0.6) is 0 Å². The number of nitrogens with one attached hydrogen (secondary N) is 2. The lowest BCUT2D eigenvalue weighted by molar-refractivity contribution is 0.187. The molecule has 0 spiro atoms. The Labute approximate surface area is 96.0 Å². The van der Waals surface area contributed by atoms with Gasteiger partial charge in [0.05, 0.1) is 7.11 Å². The van der Waals surface area contributed by atoms with E-state index < -0.39 is 6.09 Å². The summed E-state index contributed by atoms with van der Waals surface area (Å²) in [6.07, 6.45) is 0.593. The highest BCUT2D eigenvalue weighted by molar-refractivity contribution is 5.85. The van der Waals surface area contributed by atoms with E-state index in [1.807, 2.05) is 24.3 Å². The maximum Gasteiger partial charge on any atom is 0.411 e. The second kappa shape index (κ2) is 6.00. The normalized spacial score (nSPS) is 11.7. The maximum absolute atomic E-state index is 11.0. The molecule has 1 rings (SSSR count). The van der Waals surface area contributed by atoms with Crippen LogP contribution in [0.25, 0.3) is 0 Å². The van der Waals surface area contributed by atoms with Gasteiger partial charge in [0, 0.05) is 17.4 Å². The van der Waals surface area contributed by atoms with Gasteiger partial charge in [0.2, 0.25) is 0 Å². The van der Waals surface area contributed by atoms with Crippen LogP contribution in [-0.4, -0.2) is 19.2 Å². The molecule has 0 saturated heterocycles. The van der Waals surface area contributed by atoms with Crippen LogP contribution in [0, 0.1) is 0 Å². The molecule has 0 heterocycles. The number of ether oxygens (including phenoxy) is 1. The summed E-state index contributed by atoms with van der Waals surface area (Å²) >= 11 is 0. The van der Waals surface area contributed by atoms with E-state index in [2.05, 4.69) is 29.2 Å². The number of anilines is 2. The van der Waals surface area contributed by atoms with Crippen molar-refractivity contribution in [2.75, 3.05) is 17.7 Å². The third-order valence-electron chi connectivity index (χ3n) is 2.32. The highest BCUT2D eigenvalue weighted by Gasteiger charge is 2.02. The Bertz CT molecular complexity index is 353. The summed E-state index contributed by atoms with van der Waals surface area (Å²) < 4.78 is 4.53. The van der Waals surface area contributed by atoms with E-state index in [9.17, 15) is 4.79 Å². The minimum absolute atomic E-state index is 0.411. The van der Waals surface area contributed by atoms with Crippen LogP contribution in [0.4, 0.5) is 16.2 Å². The summed E-state index contributed by atoms with van der Waals surface area (Å²) in [6.45, 7) is 4.23. The van der Waals surface area contributed by atoms with Crippen LogP contribution in [0.2, 0.25) is 0 Å². The molecule has 0 aromatic heterocycles. The average Bonchev–Trinajstić information content (AvgIpc) is 2.29. The second-order valence-electron chi connectivity index (χ2n) is 3.65. The van der Waals surface area contributed by atoms with E-state index in [1.165, 1.54) is 7.11 Å². The van der Waals surface area contributed by atoms with Gasteiger partial charge < -0.3 is 10.1 Å². The molecule has 88 valence electrons. The summed E-state index contributed by atoms with van der Waals surface area (Å²) in [5.41, 5.74) is 1.71. The minimum atomic E-state index is -0.458. The zero-order chi connectivity index (χ0) is 12.0. The van der Waals surface area contributed by atoms with Crippen molar-refractivity contribution in [2.24, 2.45) is 0 Å². The molecule has 0 saturated carbocycles. The first-order chi connectivity index (χ1) is 7.65. The molecular weight excluding hydrogens is 204 g/mol. The summed E-state index contributed by atoms with van der Waals surface area (Å²) in [5, 5.41) is 5.95. The molecule has 0 aliphatic rings. The predicted molar refractivity (Wildman–Crippen MR) is 65.8 cm³/mol. The maximum atomic E-state index is 11.0. The Kier molecular flexibility index (Phi) is 4.64. The summed E-state index contributed by atoms with van der Waals surface area (Å²) in [7, 11) is 1.34. The van der Waals surface area contributed by atoms with E-state index in [-0.39, 0.29) is 0 Å². The minimum Gasteiger partial charge on any atom is -0.453 e. The largest absolute Gasteiger partial charge is 0.453 e. The zero-order valence-corrected chi connectivity index (χ0v) is 9.91. The molecule has 0 aliphatic heterocycles. The van der Waals surface area contributed by atoms with Crippen molar-refractivity contribution in [3.8, 4) is 0 Å². The van der Waals surface area contributed by atoms with Gasteiger partial charge in [-0.05, 0) is 31.5 Å². The van der Waals surface area contributed by atoms with Crippen LogP contribution in [0.3, 0.4) is 0 Å². The fourth-order valence-electron chi connectivity index (χ4n) is 1.24. The highest BCUT2D eigenvalue weighted by atomic mass is 16.5. The molecule has 4 nitrogen and oxygen atoms in total. The first kappa shape index (κ1) is 12.4. The first-order valence-electron chi connectivity index (χ1n) is 5.37. The predicted octanol–water partition coefficient (Wildman–Crippen LogP) is 3.08. The van der Waals surface area contributed by atoms with Gasteiger partial charge >= 0.3 is 6.09 Å². The number of hydrogen-bond donors (Lipinski definition) is 2. The molecule has 1 unspecified atom stereocenters. The quantitative estimate of drug-likeness (QED) is 0.823. The zero-order valence-electron chi connectivity index (χ0n) is 9.91.